The molecule has 0 bridgehead atoms. The Balaban J connectivity index is 1.57. The van der Waals surface area contributed by atoms with E-state index in [4.69, 9.17) is 16.2 Å². The predicted octanol–water partition coefficient (Wildman–Crippen LogP) is 2.76. The minimum absolute atomic E-state index is 0.179. The molecule has 1 aliphatic rings. The standard InChI is InChI=1S/C21H27N3O4S2/c1-2-3-19(22)20(23)21(25)24-14-4-6-15(7-5-14)28-16-8-10-18(11-9-16)30(26,27)13-17-12-29-17/h4-11,17,19-20H,2-3,12-13,22-23H2,1H3,(H,24,25)/t17-,19?,20?/m1/s1. The monoisotopic (exact) mass is 449 g/mol. The molecular weight excluding hydrogens is 422 g/mol. The van der Waals surface area contributed by atoms with E-state index in [9.17, 15) is 13.2 Å². The van der Waals surface area contributed by atoms with Crippen molar-refractivity contribution in [3.8, 4) is 11.5 Å². The molecule has 1 amide bonds. The fourth-order valence-corrected chi connectivity index (χ4v) is 5.57. The first kappa shape index (κ1) is 22.6. The number of anilines is 1. The van der Waals surface area contributed by atoms with Crippen LogP contribution in [0.3, 0.4) is 0 Å². The minimum atomic E-state index is -3.26. The van der Waals surface area contributed by atoms with Crippen LogP contribution >= 0.6 is 11.8 Å². The normalized spacial score (nSPS) is 17.8. The van der Waals surface area contributed by atoms with Gasteiger partial charge in [0.1, 0.15) is 11.5 Å². The molecular formula is C21H27N3O4S2. The van der Waals surface area contributed by atoms with Gasteiger partial charge in [-0.1, -0.05) is 13.3 Å². The van der Waals surface area contributed by atoms with Crippen molar-refractivity contribution in [2.75, 3.05) is 16.8 Å². The van der Waals surface area contributed by atoms with Crippen molar-refractivity contribution in [3.63, 3.8) is 0 Å². The zero-order valence-electron chi connectivity index (χ0n) is 16.8. The highest BCUT2D eigenvalue weighted by atomic mass is 32.2. The number of carbonyl (C=O) groups excluding carboxylic acids is 1. The molecule has 1 fully saturated rings. The number of hydrogen-bond acceptors (Lipinski definition) is 7. The van der Waals surface area contributed by atoms with Gasteiger partial charge in [0.15, 0.2) is 9.84 Å². The van der Waals surface area contributed by atoms with Gasteiger partial charge >= 0.3 is 0 Å². The van der Waals surface area contributed by atoms with Gasteiger partial charge in [-0.25, -0.2) is 8.42 Å². The van der Waals surface area contributed by atoms with E-state index in [1.54, 1.807) is 60.3 Å². The Morgan fingerprint density at radius 1 is 1.13 bits per heavy atom. The molecule has 30 heavy (non-hydrogen) atoms. The highest BCUT2D eigenvalue weighted by Crippen LogP contribution is 2.33. The lowest BCUT2D eigenvalue weighted by Gasteiger charge is -2.18. The number of benzene rings is 2. The van der Waals surface area contributed by atoms with Gasteiger partial charge in [0.2, 0.25) is 5.91 Å². The summed E-state index contributed by atoms with van der Waals surface area (Å²) in [5, 5.41) is 2.97. The van der Waals surface area contributed by atoms with Crippen LogP contribution in [0.25, 0.3) is 0 Å². The molecule has 1 saturated heterocycles. The van der Waals surface area contributed by atoms with Crippen molar-refractivity contribution >= 4 is 33.2 Å². The van der Waals surface area contributed by atoms with Crippen LogP contribution in [0.5, 0.6) is 11.5 Å². The van der Waals surface area contributed by atoms with Gasteiger partial charge in [-0.05, 0) is 55.0 Å². The predicted molar refractivity (Wildman–Crippen MR) is 121 cm³/mol. The number of sulfone groups is 1. The van der Waals surface area contributed by atoms with Crippen LogP contribution in [0, 0.1) is 0 Å². The molecule has 1 heterocycles. The average molecular weight is 450 g/mol. The van der Waals surface area contributed by atoms with Crippen LogP contribution < -0.4 is 21.5 Å². The van der Waals surface area contributed by atoms with E-state index in [0.29, 0.717) is 28.5 Å². The summed E-state index contributed by atoms with van der Waals surface area (Å²) in [7, 11) is -3.26. The zero-order chi connectivity index (χ0) is 21.7. The molecule has 0 aromatic heterocycles. The average Bonchev–Trinajstić information content (AvgIpc) is 3.52. The molecule has 3 atom stereocenters. The zero-order valence-corrected chi connectivity index (χ0v) is 18.4. The lowest BCUT2D eigenvalue weighted by atomic mass is 10.0. The Morgan fingerprint density at radius 3 is 2.23 bits per heavy atom. The third-order valence-corrected chi connectivity index (χ3v) is 7.75. The summed E-state index contributed by atoms with van der Waals surface area (Å²) < 4.78 is 30.4. The Bertz CT molecular complexity index is 959. The van der Waals surface area contributed by atoms with Crippen LogP contribution in [0.4, 0.5) is 5.69 Å². The lowest BCUT2D eigenvalue weighted by molar-refractivity contribution is -0.117. The maximum atomic E-state index is 12.3. The number of rotatable bonds is 10. The van der Waals surface area contributed by atoms with Gasteiger partial charge < -0.3 is 21.5 Å². The molecule has 3 rings (SSSR count). The van der Waals surface area contributed by atoms with Gasteiger partial charge in [-0.3, -0.25) is 4.79 Å². The summed E-state index contributed by atoms with van der Waals surface area (Å²) in [4.78, 5) is 12.5. The summed E-state index contributed by atoms with van der Waals surface area (Å²) in [5.41, 5.74) is 12.4. The van der Waals surface area contributed by atoms with Crippen molar-refractivity contribution in [3.05, 3.63) is 48.5 Å². The van der Waals surface area contributed by atoms with E-state index in [2.05, 4.69) is 5.32 Å². The summed E-state index contributed by atoms with van der Waals surface area (Å²) >= 11 is 1.66. The molecule has 0 saturated carbocycles. The molecule has 2 aromatic rings. The van der Waals surface area contributed by atoms with Crippen molar-refractivity contribution in [1.29, 1.82) is 0 Å². The number of nitrogens with two attached hydrogens (primary N) is 2. The second-order valence-corrected chi connectivity index (χ2v) is 10.7. The number of carbonyl (C=O) groups is 1. The molecule has 162 valence electrons. The highest BCUT2D eigenvalue weighted by Gasteiger charge is 2.29. The van der Waals surface area contributed by atoms with Crippen molar-refractivity contribution in [1.82, 2.24) is 0 Å². The van der Waals surface area contributed by atoms with Gasteiger partial charge in [-0.2, -0.15) is 11.8 Å². The highest BCUT2D eigenvalue weighted by molar-refractivity contribution is 8.08. The first-order valence-corrected chi connectivity index (χ1v) is 12.5. The van der Waals surface area contributed by atoms with Crippen LogP contribution in [0.15, 0.2) is 53.4 Å². The number of ether oxygens (including phenoxy) is 1. The Labute approximate surface area is 181 Å². The molecule has 0 aliphatic carbocycles. The molecule has 9 heteroatoms. The van der Waals surface area contributed by atoms with Crippen LogP contribution in [-0.4, -0.2) is 43.2 Å². The second-order valence-electron chi connectivity index (χ2n) is 7.30. The van der Waals surface area contributed by atoms with Gasteiger partial charge in [0.25, 0.3) is 0 Å². The Morgan fingerprint density at radius 2 is 1.70 bits per heavy atom. The van der Waals surface area contributed by atoms with Gasteiger partial charge in [0.05, 0.1) is 16.7 Å². The van der Waals surface area contributed by atoms with Gasteiger partial charge in [0, 0.05) is 22.7 Å². The van der Waals surface area contributed by atoms with Crippen molar-refractivity contribution in [2.24, 2.45) is 11.5 Å². The molecule has 2 unspecified atom stereocenters. The van der Waals surface area contributed by atoms with Crippen molar-refractivity contribution < 1.29 is 17.9 Å². The third kappa shape index (κ3) is 6.21. The largest absolute Gasteiger partial charge is 0.457 e. The summed E-state index contributed by atoms with van der Waals surface area (Å²) in [5.74, 6) is 1.85. The topological polar surface area (TPSA) is 125 Å². The number of nitrogens with one attached hydrogen (secondary N) is 1. The summed E-state index contributed by atoms with van der Waals surface area (Å²) in [6, 6.07) is 12.1. The first-order chi connectivity index (χ1) is 14.3. The van der Waals surface area contributed by atoms with E-state index >= 15 is 0 Å². The summed E-state index contributed by atoms with van der Waals surface area (Å²) in [6.07, 6.45) is 1.54. The smallest absolute Gasteiger partial charge is 0.242 e. The van der Waals surface area contributed by atoms with Crippen molar-refractivity contribution in [2.45, 2.75) is 42.0 Å². The SMILES string of the molecule is CCCC(N)C(N)C(=O)Nc1ccc(Oc2ccc(S(=O)(=O)C[C@H]3CS3)cc2)cc1. The van der Waals surface area contributed by atoms with E-state index in [0.717, 1.165) is 12.2 Å². The molecule has 2 aromatic carbocycles. The lowest BCUT2D eigenvalue weighted by Crippen LogP contribution is -2.49. The van der Waals surface area contributed by atoms with Crippen LogP contribution in [-0.2, 0) is 14.6 Å². The first-order valence-electron chi connectivity index (χ1n) is 9.83. The Hall–Kier alpha value is -2.07. The van der Waals surface area contributed by atoms with Gasteiger partial charge in [-0.15, -0.1) is 0 Å². The fourth-order valence-electron chi connectivity index (χ4n) is 2.90. The van der Waals surface area contributed by atoms with E-state index in [-0.39, 0.29) is 23.0 Å². The number of amides is 1. The maximum Gasteiger partial charge on any atom is 0.242 e. The maximum absolute atomic E-state index is 12.3. The quantitative estimate of drug-likeness (QED) is 0.476. The van der Waals surface area contributed by atoms with Crippen LogP contribution in [0.1, 0.15) is 19.8 Å². The molecule has 1 aliphatic heterocycles. The molecule has 7 nitrogen and oxygen atoms in total. The molecule has 0 radical (unpaired) electrons. The van der Waals surface area contributed by atoms with Crippen LogP contribution in [0.2, 0.25) is 0 Å². The number of hydrogen-bond donors (Lipinski definition) is 3. The van der Waals surface area contributed by atoms with E-state index < -0.39 is 15.9 Å². The third-order valence-electron chi connectivity index (χ3n) is 4.73. The fraction of sp³-hybridized carbons (Fsp3) is 0.381. The Kier molecular flexibility index (Phi) is 7.41. The number of thioether (sulfide) groups is 1. The summed E-state index contributed by atoms with van der Waals surface area (Å²) in [6.45, 7) is 1.99. The van der Waals surface area contributed by atoms with E-state index in [1.165, 1.54) is 0 Å². The molecule has 0 spiro atoms. The van der Waals surface area contributed by atoms with E-state index in [1.807, 2.05) is 6.92 Å². The minimum Gasteiger partial charge on any atom is -0.457 e. The second kappa shape index (κ2) is 9.82. The molecule has 5 N–H and O–H groups in total.